The van der Waals surface area contributed by atoms with E-state index >= 15 is 0 Å². The van der Waals surface area contributed by atoms with Crippen LogP contribution in [0.2, 0.25) is 5.02 Å². The summed E-state index contributed by atoms with van der Waals surface area (Å²) in [7, 11) is 0. The van der Waals surface area contributed by atoms with Gasteiger partial charge in [0.25, 0.3) is 5.69 Å². The highest BCUT2D eigenvalue weighted by Crippen LogP contribution is 2.28. The standard InChI is InChI=1S/C20H17ClN2O5/c1-2-3-10-27-18-7-5-4-6-13(18)11-17-20(24)28-19(22-17)15-12-14(23(25)26)8-9-16(15)21/h4-9,11-12H,2-3,10H2,1H3/b17-11-. The molecule has 2 aromatic carbocycles. The van der Waals surface area contributed by atoms with Crippen LogP contribution in [0.25, 0.3) is 6.08 Å². The summed E-state index contributed by atoms with van der Waals surface area (Å²) >= 11 is 6.10. The van der Waals surface area contributed by atoms with Gasteiger partial charge in [0.1, 0.15) is 5.75 Å². The number of rotatable bonds is 7. The number of cyclic esters (lactones) is 1. The van der Waals surface area contributed by atoms with E-state index in [2.05, 4.69) is 11.9 Å². The first-order chi connectivity index (χ1) is 13.5. The van der Waals surface area contributed by atoms with Gasteiger partial charge >= 0.3 is 5.97 Å². The van der Waals surface area contributed by atoms with Gasteiger partial charge in [0.05, 0.1) is 22.1 Å². The van der Waals surface area contributed by atoms with E-state index < -0.39 is 10.9 Å². The smallest absolute Gasteiger partial charge is 0.363 e. The lowest BCUT2D eigenvalue weighted by molar-refractivity contribution is -0.384. The Hall–Kier alpha value is -3.19. The highest BCUT2D eigenvalue weighted by Gasteiger charge is 2.27. The predicted molar refractivity (Wildman–Crippen MR) is 106 cm³/mol. The van der Waals surface area contributed by atoms with Gasteiger partial charge in [0.2, 0.25) is 5.90 Å². The molecule has 28 heavy (non-hydrogen) atoms. The first-order valence-electron chi connectivity index (χ1n) is 8.68. The van der Waals surface area contributed by atoms with Crippen LogP contribution in [0.3, 0.4) is 0 Å². The van der Waals surface area contributed by atoms with Gasteiger partial charge in [-0.25, -0.2) is 9.79 Å². The number of carbonyl (C=O) groups excluding carboxylic acids is 1. The van der Waals surface area contributed by atoms with E-state index in [-0.39, 0.29) is 27.9 Å². The quantitative estimate of drug-likeness (QED) is 0.219. The Labute approximate surface area is 166 Å². The number of halogens is 1. The number of benzene rings is 2. The summed E-state index contributed by atoms with van der Waals surface area (Å²) in [6, 6.07) is 11.1. The van der Waals surface area contributed by atoms with Crippen molar-refractivity contribution in [1.29, 1.82) is 0 Å². The van der Waals surface area contributed by atoms with Crippen molar-refractivity contribution in [3.05, 3.63) is 74.4 Å². The van der Waals surface area contributed by atoms with Gasteiger partial charge < -0.3 is 9.47 Å². The van der Waals surface area contributed by atoms with Crippen LogP contribution in [0, 0.1) is 10.1 Å². The molecular formula is C20H17ClN2O5. The number of unbranched alkanes of at least 4 members (excludes halogenated alkanes) is 1. The number of para-hydroxylation sites is 1. The van der Waals surface area contributed by atoms with E-state index in [9.17, 15) is 14.9 Å². The zero-order valence-corrected chi connectivity index (χ0v) is 15.8. The molecular weight excluding hydrogens is 384 g/mol. The molecule has 144 valence electrons. The number of hydrogen-bond donors (Lipinski definition) is 0. The van der Waals surface area contributed by atoms with Crippen LogP contribution >= 0.6 is 11.6 Å². The Morgan fingerprint density at radius 2 is 2.07 bits per heavy atom. The van der Waals surface area contributed by atoms with Crippen molar-refractivity contribution in [3.63, 3.8) is 0 Å². The second-order valence-corrected chi connectivity index (χ2v) is 6.40. The zero-order valence-electron chi connectivity index (χ0n) is 15.1. The summed E-state index contributed by atoms with van der Waals surface area (Å²) in [4.78, 5) is 26.8. The third-order valence-corrected chi connectivity index (χ3v) is 4.31. The van der Waals surface area contributed by atoms with Gasteiger partial charge in [-0.15, -0.1) is 0 Å². The lowest BCUT2D eigenvalue weighted by Crippen LogP contribution is -2.06. The number of hydrogen-bond acceptors (Lipinski definition) is 6. The first-order valence-corrected chi connectivity index (χ1v) is 9.06. The van der Waals surface area contributed by atoms with Crippen LogP contribution in [0.1, 0.15) is 30.9 Å². The third-order valence-electron chi connectivity index (χ3n) is 3.98. The summed E-state index contributed by atoms with van der Waals surface area (Å²) in [6.45, 7) is 2.64. The largest absolute Gasteiger partial charge is 0.493 e. The molecule has 7 nitrogen and oxygen atoms in total. The SMILES string of the molecule is CCCCOc1ccccc1/C=C1\N=C(c2cc([N+](=O)[O-])ccc2Cl)OC1=O. The van der Waals surface area contributed by atoms with Gasteiger partial charge in [-0.3, -0.25) is 10.1 Å². The maximum absolute atomic E-state index is 12.2. The molecule has 0 fully saturated rings. The van der Waals surface area contributed by atoms with E-state index in [4.69, 9.17) is 21.1 Å². The third kappa shape index (κ3) is 4.37. The molecule has 1 aliphatic rings. The van der Waals surface area contributed by atoms with E-state index in [1.807, 2.05) is 18.2 Å². The highest BCUT2D eigenvalue weighted by molar-refractivity contribution is 6.34. The highest BCUT2D eigenvalue weighted by atomic mass is 35.5. The summed E-state index contributed by atoms with van der Waals surface area (Å²) in [5, 5.41) is 11.2. The van der Waals surface area contributed by atoms with Gasteiger partial charge in [-0.2, -0.15) is 0 Å². The second-order valence-electron chi connectivity index (χ2n) is 6.00. The summed E-state index contributed by atoms with van der Waals surface area (Å²) < 4.78 is 10.9. The normalized spacial score (nSPS) is 14.7. The molecule has 0 bridgehead atoms. The predicted octanol–water partition coefficient (Wildman–Crippen LogP) is 4.77. The number of aliphatic imine (C=N–C) groups is 1. The molecule has 0 saturated carbocycles. The van der Waals surface area contributed by atoms with Crippen molar-refractivity contribution < 1.29 is 19.2 Å². The topological polar surface area (TPSA) is 91.0 Å². The summed E-state index contributed by atoms with van der Waals surface area (Å²) in [6.07, 6.45) is 3.48. The molecule has 0 unspecified atom stereocenters. The van der Waals surface area contributed by atoms with Crippen molar-refractivity contribution in [2.45, 2.75) is 19.8 Å². The minimum Gasteiger partial charge on any atom is -0.493 e. The van der Waals surface area contributed by atoms with Gasteiger partial charge in [0.15, 0.2) is 5.70 Å². The molecule has 0 saturated heterocycles. The number of carbonyl (C=O) groups is 1. The van der Waals surface area contributed by atoms with Crippen molar-refractivity contribution >= 4 is 35.2 Å². The maximum atomic E-state index is 12.2. The number of nitro groups is 1. The monoisotopic (exact) mass is 400 g/mol. The average Bonchev–Trinajstić information content (AvgIpc) is 3.03. The fraction of sp³-hybridized carbons (Fsp3) is 0.200. The molecule has 0 N–H and O–H groups in total. The fourth-order valence-electron chi connectivity index (χ4n) is 2.52. The number of ether oxygens (including phenoxy) is 2. The van der Waals surface area contributed by atoms with Gasteiger partial charge in [0, 0.05) is 17.7 Å². The zero-order chi connectivity index (χ0) is 20.1. The van der Waals surface area contributed by atoms with Crippen LogP contribution in [-0.2, 0) is 9.53 Å². The first kappa shape index (κ1) is 19.6. The maximum Gasteiger partial charge on any atom is 0.363 e. The van der Waals surface area contributed by atoms with Crippen LogP contribution in [-0.4, -0.2) is 23.4 Å². The molecule has 2 aromatic rings. The van der Waals surface area contributed by atoms with Crippen molar-refractivity contribution in [2.75, 3.05) is 6.61 Å². The van der Waals surface area contributed by atoms with Gasteiger partial charge in [-0.05, 0) is 24.6 Å². The Morgan fingerprint density at radius 3 is 2.82 bits per heavy atom. The average molecular weight is 401 g/mol. The molecule has 0 radical (unpaired) electrons. The molecule has 0 spiro atoms. The van der Waals surface area contributed by atoms with E-state index in [0.29, 0.717) is 17.9 Å². The van der Waals surface area contributed by atoms with Crippen LogP contribution in [0.15, 0.2) is 53.2 Å². The van der Waals surface area contributed by atoms with Gasteiger partial charge in [-0.1, -0.05) is 43.1 Å². The van der Waals surface area contributed by atoms with Crippen LogP contribution in [0.4, 0.5) is 5.69 Å². The lowest BCUT2D eigenvalue weighted by atomic mass is 10.1. The van der Waals surface area contributed by atoms with E-state index in [0.717, 1.165) is 12.8 Å². The second kappa shape index (κ2) is 8.67. The summed E-state index contributed by atoms with van der Waals surface area (Å²) in [5.74, 6) is -0.108. The minimum atomic E-state index is -0.666. The number of nitrogens with zero attached hydrogens (tertiary/aromatic N) is 2. The molecule has 8 heteroatoms. The molecule has 0 atom stereocenters. The Kier molecular flexibility index (Phi) is 6.06. The molecule has 0 aliphatic carbocycles. The lowest BCUT2D eigenvalue weighted by Gasteiger charge is -2.08. The van der Waals surface area contributed by atoms with E-state index in [1.54, 1.807) is 12.1 Å². The number of esters is 1. The van der Waals surface area contributed by atoms with Crippen molar-refractivity contribution in [1.82, 2.24) is 0 Å². The number of non-ortho nitro benzene ring substituents is 1. The van der Waals surface area contributed by atoms with Crippen LogP contribution in [0.5, 0.6) is 5.75 Å². The Balaban J connectivity index is 1.93. The minimum absolute atomic E-state index is 0.0594. The van der Waals surface area contributed by atoms with Crippen LogP contribution < -0.4 is 4.74 Å². The molecule has 1 heterocycles. The van der Waals surface area contributed by atoms with Crippen molar-refractivity contribution in [2.24, 2.45) is 4.99 Å². The van der Waals surface area contributed by atoms with Crippen molar-refractivity contribution in [3.8, 4) is 5.75 Å². The fourth-order valence-corrected chi connectivity index (χ4v) is 2.72. The molecule has 3 rings (SSSR count). The Bertz CT molecular complexity index is 984. The summed E-state index contributed by atoms with van der Waals surface area (Å²) in [5.41, 5.74) is 0.746. The van der Waals surface area contributed by atoms with E-state index in [1.165, 1.54) is 18.2 Å². The molecule has 1 aliphatic heterocycles. The number of nitro benzene ring substituents is 1. The molecule has 0 amide bonds. The Morgan fingerprint density at radius 1 is 1.29 bits per heavy atom. The molecule has 0 aromatic heterocycles.